The topological polar surface area (TPSA) is 45.0 Å². The van der Waals surface area contributed by atoms with Gasteiger partial charge in [-0.2, -0.15) is 0 Å². The molecule has 0 atom stereocenters. The first-order valence-corrected chi connectivity index (χ1v) is 7.94. The molecule has 1 aromatic rings. The van der Waals surface area contributed by atoms with Crippen LogP contribution in [0.3, 0.4) is 0 Å². The molecule has 0 saturated heterocycles. The van der Waals surface area contributed by atoms with Crippen molar-refractivity contribution in [2.45, 2.75) is 45.7 Å². The summed E-state index contributed by atoms with van der Waals surface area (Å²) in [5.74, 6) is 0.722. The minimum atomic E-state index is -0.366. The Hall–Kier alpha value is -1.16. The molecule has 94 valence electrons. The van der Waals surface area contributed by atoms with Crippen LogP contribution < -0.4 is 0 Å². The number of para-hydroxylation sites is 1. The lowest BCUT2D eigenvalue weighted by Crippen LogP contribution is -1.92. The van der Waals surface area contributed by atoms with Crippen LogP contribution in [0.4, 0.5) is 0 Å². The number of rotatable bonds is 6. The molecule has 0 aliphatic carbocycles. The zero-order valence-electron chi connectivity index (χ0n) is 11.0. The van der Waals surface area contributed by atoms with Gasteiger partial charge in [-0.25, -0.2) is 9.89 Å². The van der Waals surface area contributed by atoms with E-state index >= 15 is 0 Å². The van der Waals surface area contributed by atoms with Crippen LogP contribution in [0.25, 0.3) is 0 Å². The third-order valence-electron chi connectivity index (χ3n) is 2.73. The number of hydrogen-bond acceptors (Lipinski definition) is 3. The number of phenolic OH excluding ortho intramolecular Hbond substituents is 1. The third kappa shape index (κ3) is 4.30. The van der Waals surface area contributed by atoms with Crippen molar-refractivity contribution in [1.29, 1.82) is 0 Å². The van der Waals surface area contributed by atoms with Gasteiger partial charge in [0.25, 0.3) is 0 Å². The molecule has 1 rings (SSSR count). The SMILES string of the molecule is CCC[SiH2]/N=N/Cc1cccc(C(C)C)c1O. The fraction of sp³-hybridized carbons (Fsp3) is 0.538. The summed E-state index contributed by atoms with van der Waals surface area (Å²) < 4.78 is 4.22. The number of nitrogens with zero attached hydrogens (tertiary/aromatic N) is 2. The average molecular weight is 250 g/mol. The van der Waals surface area contributed by atoms with E-state index in [0.717, 1.165) is 11.1 Å². The minimum Gasteiger partial charge on any atom is -0.507 e. The van der Waals surface area contributed by atoms with E-state index in [9.17, 15) is 5.11 Å². The predicted molar refractivity (Wildman–Crippen MR) is 74.4 cm³/mol. The lowest BCUT2D eigenvalue weighted by Gasteiger charge is -2.10. The molecule has 0 radical (unpaired) electrons. The maximum Gasteiger partial charge on any atom is 0.178 e. The molecule has 0 fully saturated rings. The van der Waals surface area contributed by atoms with E-state index in [1.165, 1.54) is 12.5 Å². The van der Waals surface area contributed by atoms with E-state index in [2.05, 4.69) is 30.7 Å². The van der Waals surface area contributed by atoms with Gasteiger partial charge in [0.15, 0.2) is 9.68 Å². The van der Waals surface area contributed by atoms with E-state index in [-0.39, 0.29) is 9.68 Å². The van der Waals surface area contributed by atoms with Gasteiger partial charge in [0, 0.05) is 5.56 Å². The Morgan fingerprint density at radius 3 is 2.76 bits per heavy atom. The van der Waals surface area contributed by atoms with Crippen LogP contribution in [0.5, 0.6) is 5.75 Å². The molecular formula is C13H22N2OSi. The fourth-order valence-corrected chi connectivity index (χ4v) is 2.33. The van der Waals surface area contributed by atoms with Gasteiger partial charge in [0.05, 0.1) is 6.54 Å². The maximum atomic E-state index is 10.1. The number of aromatic hydroxyl groups is 1. The Morgan fingerprint density at radius 2 is 2.12 bits per heavy atom. The van der Waals surface area contributed by atoms with Crippen molar-refractivity contribution in [3.05, 3.63) is 29.3 Å². The third-order valence-corrected chi connectivity index (χ3v) is 4.15. The van der Waals surface area contributed by atoms with Gasteiger partial charge in [-0.3, -0.25) is 0 Å². The van der Waals surface area contributed by atoms with Crippen LogP contribution in [-0.2, 0) is 6.54 Å². The Labute approximate surface area is 106 Å². The first kappa shape index (κ1) is 13.9. The Kier molecular flexibility index (Phi) is 5.90. The maximum absolute atomic E-state index is 10.1. The monoisotopic (exact) mass is 250 g/mol. The van der Waals surface area contributed by atoms with Crippen molar-refractivity contribution < 1.29 is 5.11 Å². The zero-order chi connectivity index (χ0) is 12.7. The van der Waals surface area contributed by atoms with Crippen molar-refractivity contribution in [2.75, 3.05) is 0 Å². The highest BCUT2D eigenvalue weighted by Gasteiger charge is 2.09. The molecule has 4 heteroatoms. The number of benzene rings is 1. The number of hydrogen-bond donors (Lipinski definition) is 1. The quantitative estimate of drug-likeness (QED) is 0.469. The highest BCUT2D eigenvalue weighted by molar-refractivity contribution is 6.32. The summed E-state index contributed by atoms with van der Waals surface area (Å²) in [6, 6.07) is 7.07. The van der Waals surface area contributed by atoms with Crippen molar-refractivity contribution >= 4 is 9.68 Å². The second-order valence-corrected chi connectivity index (χ2v) is 5.96. The molecule has 1 N–H and O–H groups in total. The van der Waals surface area contributed by atoms with E-state index in [1.807, 2.05) is 18.2 Å². The van der Waals surface area contributed by atoms with Gasteiger partial charge in [-0.15, -0.1) is 0 Å². The summed E-state index contributed by atoms with van der Waals surface area (Å²) in [4.78, 5) is 0. The van der Waals surface area contributed by atoms with Crippen molar-refractivity contribution in [3.63, 3.8) is 0 Å². The first-order valence-electron chi connectivity index (χ1n) is 6.30. The molecule has 0 unspecified atom stereocenters. The lowest BCUT2D eigenvalue weighted by atomic mass is 9.99. The van der Waals surface area contributed by atoms with Gasteiger partial charge < -0.3 is 5.11 Å². The molecule has 17 heavy (non-hydrogen) atoms. The zero-order valence-corrected chi connectivity index (χ0v) is 12.4. The molecular weight excluding hydrogens is 228 g/mol. The number of phenols is 1. The van der Waals surface area contributed by atoms with Gasteiger partial charge in [0.1, 0.15) is 5.75 Å². The van der Waals surface area contributed by atoms with Gasteiger partial charge in [-0.1, -0.05) is 45.4 Å². The van der Waals surface area contributed by atoms with E-state index in [1.54, 1.807) is 0 Å². The second-order valence-electron chi connectivity index (χ2n) is 4.53. The Morgan fingerprint density at radius 1 is 1.35 bits per heavy atom. The summed E-state index contributed by atoms with van der Waals surface area (Å²) in [5, 5.41) is 14.2. The molecule has 0 saturated carbocycles. The molecule has 0 spiro atoms. The molecule has 0 bridgehead atoms. The Balaban J connectivity index is 2.65. The summed E-state index contributed by atoms with van der Waals surface area (Å²) in [5.41, 5.74) is 1.87. The largest absolute Gasteiger partial charge is 0.507 e. The van der Waals surface area contributed by atoms with Crippen LogP contribution in [0.2, 0.25) is 6.04 Å². The van der Waals surface area contributed by atoms with Crippen LogP contribution in [0.15, 0.2) is 28.1 Å². The predicted octanol–water partition coefficient (Wildman–Crippen LogP) is 3.38. The van der Waals surface area contributed by atoms with Gasteiger partial charge in [0.2, 0.25) is 0 Å². The summed E-state index contributed by atoms with van der Waals surface area (Å²) in [6.07, 6.45) is 1.19. The molecule has 0 heterocycles. The molecule has 3 nitrogen and oxygen atoms in total. The summed E-state index contributed by atoms with van der Waals surface area (Å²) >= 11 is 0. The van der Waals surface area contributed by atoms with Crippen molar-refractivity contribution in [1.82, 2.24) is 0 Å². The normalized spacial score (nSPS) is 12.2. The fourth-order valence-electron chi connectivity index (χ4n) is 1.63. The lowest BCUT2D eigenvalue weighted by molar-refractivity contribution is 0.457. The summed E-state index contributed by atoms with van der Waals surface area (Å²) in [6.45, 7) is 6.83. The molecule has 0 aliphatic heterocycles. The molecule has 0 aromatic heterocycles. The van der Waals surface area contributed by atoms with Crippen molar-refractivity contribution in [3.8, 4) is 5.75 Å². The standard InChI is InChI=1S/C13H22N2OSi/c1-4-8-17-15-14-9-11-6-5-7-12(10(2)3)13(11)16/h5-7,10,16H,4,8-9,17H2,1-3H3/b15-14+. The van der Waals surface area contributed by atoms with Crippen LogP contribution in [0, 0.1) is 0 Å². The van der Waals surface area contributed by atoms with Crippen LogP contribution >= 0.6 is 0 Å². The molecule has 1 aromatic carbocycles. The van der Waals surface area contributed by atoms with Gasteiger partial charge in [-0.05, 0) is 17.5 Å². The van der Waals surface area contributed by atoms with Crippen LogP contribution in [-0.4, -0.2) is 14.8 Å². The molecule has 0 amide bonds. The van der Waals surface area contributed by atoms with Crippen LogP contribution in [0.1, 0.15) is 44.2 Å². The van der Waals surface area contributed by atoms with E-state index in [0.29, 0.717) is 18.2 Å². The highest BCUT2D eigenvalue weighted by Crippen LogP contribution is 2.29. The average Bonchev–Trinajstić information content (AvgIpc) is 2.30. The summed E-state index contributed by atoms with van der Waals surface area (Å²) in [7, 11) is -0.366. The van der Waals surface area contributed by atoms with Gasteiger partial charge >= 0.3 is 0 Å². The second kappa shape index (κ2) is 7.22. The van der Waals surface area contributed by atoms with Crippen molar-refractivity contribution in [2.24, 2.45) is 9.89 Å². The molecule has 0 aliphatic rings. The minimum absolute atomic E-state index is 0.335. The highest BCUT2D eigenvalue weighted by atomic mass is 28.2. The Bertz CT molecular complexity index is 378. The smallest absolute Gasteiger partial charge is 0.178 e. The van der Waals surface area contributed by atoms with E-state index in [4.69, 9.17) is 0 Å². The first-order chi connectivity index (χ1) is 8.16. The van der Waals surface area contributed by atoms with E-state index < -0.39 is 0 Å².